The van der Waals surface area contributed by atoms with Crippen LogP contribution >= 0.6 is 0 Å². The summed E-state index contributed by atoms with van der Waals surface area (Å²) in [7, 11) is 5.30. The van der Waals surface area contributed by atoms with Crippen molar-refractivity contribution in [2.75, 3.05) is 63.9 Å². The predicted octanol–water partition coefficient (Wildman–Crippen LogP) is 8.56. The fourth-order valence-electron chi connectivity index (χ4n) is 12.1. The number of ether oxygens (including phenoxy) is 4. The molecule has 1 N–H and O–H groups in total. The Balaban J connectivity index is 1.14. The van der Waals surface area contributed by atoms with E-state index in [2.05, 4.69) is 25.5 Å². The van der Waals surface area contributed by atoms with Crippen LogP contribution in [0.2, 0.25) is 0 Å². The van der Waals surface area contributed by atoms with Crippen LogP contribution in [-0.4, -0.2) is 114 Å². The third-order valence-corrected chi connectivity index (χ3v) is 13.5. The van der Waals surface area contributed by atoms with Crippen molar-refractivity contribution in [1.82, 2.24) is 19.7 Å². The molecule has 4 bridgehead atoms. The van der Waals surface area contributed by atoms with E-state index in [9.17, 15) is 19.5 Å². The second kappa shape index (κ2) is 16.7. The van der Waals surface area contributed by atoms with Crippen LogP contribution in [0.1, 0.15) is 132 Å². The first kappa shape index (κ1) is 46.3. The Labute approximate surface area is 373 Å². The smallest absolute Gasteiger partial charge is 0.410 e. The molecule has 0 radical (unpaired) electrons. The highest BCUT2D eigenvalue weighted by Gasteiger charge is 2.66. The van der Waals surface area contributed by atoms with Crippen molar-refractivity contribution in [3.8, 4) is 11.1 Å². The molecule has 0 saturated heterocycles. The van der Waals surface area contributed by atoms with Gasteiger partial charge in [-0.2, -0.15) is 5.10 Å². The Kier molecular flexibility index (Phi) is 12.3. The molecule has 14 heteroatoms. The molecule has 1 aromatic carbocycles. The summed E-state index contributed by atoms with van der Waals surface area (Å²) in [5.74, 6) is -0.992. The number of methoxy groups -OCH3 is 1. The summed E-state index contributed by atoms with van der Waals surface area (Å²) in [5, 5.41) is 15.5. The molecule has 8 rings (SSSR count). The molecule has 1 aliphatic heterocycles. The number of carboxylic acid groups (broad SMARTS) is 1. The van der Waals surface area contributed by atoms with Gasteiger partial charge >= 0.3 is 18.0 Å². The number of nitrogens with zero attached hydrogens (tertiary/aromatic N) is 6. The third-order valence-electron chi connectivity index (χ3n) is 13.5. The maximum Gasteiger partial charge on any atom is 0.410 e. The highest BCUT2D eigenvalue weighted by atomic mass is 16.6. The summed E-state index contributed by atoms with van der Waals surface area (Å²) in [6.07, 6.45) is 8.65. The monoisotopic (exact) mass is 871 g/mol. The number of carboxylic acids is 1. The molecule has 2 aromatic heterocycles. The highest BCUT2D eigenvalue weighted by molar-refractivity contribution is 5.96. The normalized spacial score (nSPS) is 25.2. The van der Waals surface area contributed by atoms with Crippen LogP contribution in [0.5, 0.6) is 0 Å². The number of esters is 1. The number of pyridine rings is 1. The lowest BCUT2D eigenvalue weighted by atomic mass is 9.39. The zero-order valence-corrected chi connectivity index (χ0v) is 39.8. The minimum absolute atomic E-state index is 0.0313. The van der Waals surface area contributed by atoms with Crippen LogP contribution in [0.15, 0.2) is 30.5 Å². The zero-order chi connectivity index (χ0) is 45.9. The average molecular weight is 871 g/mol. The summed E-state index contributed by atoms with van der Waals surface area (Å²) in [6.45, 7) is 21.7. The number of hydrogen-bond acceptors (Lipinski definition) is 11. The Bertz CT molecular complexity index is 2220. The van der Waals surface area contributed by atoms with Crippen molar-refractivity contribution in [1.29, 1.82) is 0 Å². The molecule has 4 fully saturated rings. The van der Waals surface area contributed by atoms with Crippen LogP contribution in [0, 0.1) is 23.2 Å². The molecular weight excluding hydrogens is 801 g/mol. The number of hydrogen-bond donors (Lipinski definition) is 1. The van der Waals surface area contributed by atoms with Crippen LogP contribution < -0.4 is 9.80 Å². The van der Waals surface area contributed by atoms with Gasteiger partial charge in [-0.05, 0) is 145 Å². The topological polar surface area (TPSA) is 149 Å². The fourth-order valence-corrected chi connectivity index (χ4v) is 12.1. The van der Waals surface area contributed by atoms with E-state index < -0.39 is 29.2 Å². The molecule has 3 heterocycles. The molecular formula is C49H70N6O8. The van der Waals surface area contributed by atoms with Crippen LogP contribution in [0.4, 0.5) is 16.3 Å². The van der Waals surface area contributed by atoms with Crippen LogP contribution in [0.3, 0.4) is 0 Å². The highest BCUT2D eigenvalue weighted by Crippen LogP contribution is 2.72. The number of benzene rings is 1. The lowest BCUT2D eigenvalue weighted by Crippen LogP contribution is -2.64. The molecule has 2 atom stereocenters. The summed E-state index contributed by atoms with van der Waals surface area (Å²) in [4.78, 5) is 49.9. The van der Waals surface area contributed by atoms with Crippen molar-refractivity contribution in [3.63, 3.8) is 0 Å². The van der Waals surface area contributed by atoms with Crippen LogP contribution in [0.25, 0.3) is 11.1 Å². The average Bonchev–Trinajstić information content (AvgIpc) is 3.51. The number of carbonyl (C=O) groups is 3. The van der Waals surface area contributed by atoms with E-state index in [1.807, 2.05) is 82.8 Å². The SMILES string of the molecule is COCCOC12CC3(C)CC(C)(CC(Cn4ncc(-c5ccc(N6CCc7cc(N(C)CCN(C)C(=O)OC(C)(C)C)cc(C(=O)O)c7C6)nc5C(=O)OC(C)(C)C)c4C)(C3)C1)C2. The fraction of sp³-hybridized carbons (Fsp3) is 0.653. The minimum atomic E-state index is -1.02. The standard InChI is InChI=1S/C49H70N6O8/c1-32-37(23-50-55(32)31-48-26-46(8)25-47(9,27-48)29-49(28-46,30-48)61-20-19-60-12)35-13-14-39(51-40(35)42(58)62-44(2,3)4)54-16-15-33-21-34(22-36(41(56)57)38(33)24-54)52(10)17-18-53(11)43(59)63-45(5,6)7/h13-14,21-23H,15-20,24-31H2,1-12H3,(H,56,57). The van der Waals surface area contributed by atoms with E-state index in [4.69, 9.17) is 29.0 Å². The third kappa shape index (κ3) is 10.0. The van der Waals surface area contributed by atoms with E-state index >= 15 is 0 Å². The predicted molar refractivity (Wildman–Crippen MR) is 243 cm³/mol. The van der Waals surface area contributed by atoms with Gasteiger partial charge in [0.1, 0.15) is 17.0 Å². The lowest BCUT2D eigenvalue weighted by Gasteiger charge is -2.69. The summed E-state index contributed by atoms with van der Waals surface area (Å²) in [6, 6.07) is 7.57. The summed E-state index contributed by atoms with van der Waals surface area (Å²) in [5.41, 5.74) is 4.15. The van der Waals surface area contributed by atoms with Gasteiger partial charge in [0.2, 0.25) is 0 Å². The maximum absolute atomic E-state index is 14.1. The molecule has 0 spiro atoms. The molecule has 2 unspecified atom stereocenters. The van der Waals surface area contributed by atoms with Crippen molar-refractivity contribution in [2.45, 2.75) is 137 Å². The van der Waals surface area contributed by atoms with Gasteiger partial charge < -0.3 is 38.8 Å². The van der Waals surface area contributed by atoms with E-state index in [0.717, 1.165) is 61.2 Å². The molecule has 1 amide bonds. The number of fused-ring (bicyclic) bond motifs is 1. The Morgan fingerprint density at radius 1 is 0.873 bits per heavy atom. The minimum Gasteiger partial charge on any atom is -0.478 e. The summed E-state index contributed by atoms with van der Waals surface area (Å²) < 4.78 is 25.7. The number of anilines is 2. The first-order chi connectivity index (χ1) is 29.3. The Morgan fingerprint density at radius 3 is 2.19 bits per heavy atom. The quantitative estimate of drug-likeness (QED) is 0.122. The second-order valence-corrected chi connectivity index (χ2v) is 22.0. The molecule has 3 aromatic rings. The largest absolute Gasteiger partial charge is 0.478 e. The molecule has 4 saturated carbocycles. The number of aromatic carboxylic acids is 1. The first-order valence-corrected chi connectivity index (χ1v) is 22.5. The van der Waals surface area contributed by atoms with E-state index in [1.165, 1.54) is 11.3 Å². The van der Waals surface area contributed by atoms with E-state index in [1.54, 1.807) is 20.2 Å². The van der Waals surface area contributed by atoms with Gasteiger partial charge in [-0.15, -0.1) is 0 Å². The Morgan fingerprint density at radius 2 is 1.56 bits per heavy atom. The Hall–Kier alpha value is -4.69. The number of amides is 1. The van der Waals surface area contributed by atoms with E-state index in [0.29, 0.717) is 62.8 Å². The van der Waals surface area contributed by atoms with Crippen molar-refractivity contribution in [3.05, 3.63) is 58.5 Å². The second-order valence-electron chi connectivity index (χ2n) is 22.0. The lowest BCUT2D eigenvalue weighted by molar-refractivity contribution is -0.250. The molecule has 14 nitrogen and oxygen atoms in total. The molecule has 5 aliphatic rings. The van der Waals surface area contributed by atoms with Crippen molar-refractivity contribution >= 4 is 29.5 Å². The van der Waals surface area contributed by atoms with Gasteiger partial charge in [0.05, 0.1) is 30.6 Å². The van der Waals surface area contributed by atoms with Crippen LogP contribution in [-0.2, 0) is 38.5 Å². The number of likely N-dealkylation sites (N-methyl/N-ethyl adjacent to an activating group) is 2. The zero-order valence-electron chi connectivity index (χ0n) is 39.8. The van der Waals surface area contributed by atoms with Gasteiger partial charge in [0.15, 0.2) is 5.69 Å². The van der Waals surface area contributed by atoms with Gasteiger partial charge in [-0.1, -0.05) is 13.8 Å². The molecule has 4 aliphatic carbocycles. The number of rotatable bonds is 14. The summed E-state index contributed by atoms with van der Waals surface area (Å²) >= 11 is 0. The number of aromatic nitrogens is 3. The molecule has 344 valence electrons. The van der Waals surface area contributed by atoms with Crippen molar-refractivity contribution in [2.24, 2.45) is 16.2 Å². The first-order valence-electron chi connectivity index (χ1n) is 22.5. The van der Waals surface area contributed by atoms with Gasteiger partial charge in [-0.3, -0.25) is 4.68 Å². The van der Waals surface area contributed by atoms with Gasteiger partial charge in [-0.25, -0.2) is 19.4 Å². The molecule has 63 heavy (non-hydrogen) atoms. The van der Waals surface area contributed by atoms with Gasteiger partial charge in [0, 0.05) is 76.4 Å². The number of carbonyl (C=O) groups excluding carboxylic acids is 2. The van der Waals surface area contributed by atoms with Crippen molar-refractivity contribution < 1.29 is 38.4 Å². The van der Waals surface area contributed by atoms with E-state index in [-0.39, 0.29) is 33.1 Å². The van der Waals surface area contributed by atoms with Gasteiger partial charge in [0.25, 0.3) is 0 Å². The maximum atomic E-state index is 14.1.